The van der Waals surface area contributed by atoms with Gasteiger partial charge in [-0.15, -0.1) is 0 Å². The first-order chi connectivity index (χ1) is 12.4. The van der Waals surface area contributed by atoms with Crippen molar-refractivity contribution in [2.75, 3.05) is 13.7 Å². The van der Waals surface area contributed by atoms with Crippen LogP contribution in [0.1, 0.15) is 55.2 Å². The molecule has 1 aliphatic carbocycles. The molecule has 5 heteroatoms. The van der Waals surface area contributed by atoms with Gasteiger partial charge in [0.05, 0.1) is 12.7 Å². The average molecular weight is 358 g/mol. The molecule has 140 valence electrons. The van der Waals surface area contributed by atoms with Gasteiger partial charge in [-0.25, -0.2) is 4.79 Å². The van der Waals surface area contributed by atoms with Gasteiger partial charge in [0.25, 0.3) is 0 Å². The normalized spacial score (nSPS) is 31.1. The molecule has 3 aliphatic rings. The minimum Gasteiger partial charge on any atom is -0.507 e. The number of methoxy groups -OCH3 is 1. The summed E-state index contributed by atoms with van der Waals surface area (Å²) < 4.78 is 17.2. The van der Waals surface area contributed by atoms with E-state index in [4.69, 9.17) is 14.2 Å². The molecule has 0 bridgehead atoms. The van der Waals surface area contributed by atoms with Crippen LogP contribution in [0, 0.1) is 13.8 Å². The summed E-state index contributed by atoms with van der Waals surface area (Å²) in [7, 11) is 1.58. The van der Waals surface area contributed by atoms with E-state index < -0.39 is 11.6 Å². The van der Waals surface area contributed by atoms with Crippen molar-refractivity contribution in [3.05, 3.63) is 34.6 Å². The quantitative estimate of drug-likeness (QED) is 0.810. The smallest absolute Gasteiger partial charge is 0.343 e. The number of aliphatic hydroxyl groups excluding tert-OH is 1. The predicted octanol–water partition coefficient (Wildman–Crippen LogP) is 4.00. The molecule has 2 spiro atoms. The highest BCUT2D eigenvalue weighted by Crippen LogP contribution is 2.51. The number of benzene rings is 1. The van der Waals surface area contributed by atoms with Gasteiger partial charge < -0.3 is 19.3 Å². The molecule has 1 saturated heterocycles. The number of hydrogen-bond donors (Lipinski definition) is 1. The Balaban J connectivity index is 1.73. The molecule has 0 unspecified atom stereocenters. The first kappa shape index (κ1) is 17.4. The summed E-state index contributed by atoms with van der Waals surface area (Å²) in [6, 6.07) is 3.86. The summed E-state index contributed by atoms with van der Waals surface area (Å²) in [5.74, 6) is 0.182. The molecule has 1 saturated carbocycles. The molecule has 2 heterocycles. The molecule has 0 amide bonds. The van der Waals surface area contributed by atoms with E-state index in [1.807, 2.05) is 26.0 Å². The third-order valence-corrected chi connectivity index (χ3v) is 6.23. The van der Waals surface area contributed by atoms with Gasteiger partial charge in [-0.2, -0.15) is 0 Å². The molecule has 2 fully saturated rings. The van der Waals surface area contributed by atoms with E-state index in [0.29, 0.717) is 24.2 Å². The predicted molar refractivity (Wildman–Crippen MR) is 97.2 cm³/mol. The molecular formula is C21H26O5. The Morgan fingerprint density at radius 2 is 1.85 bits per heavy atom. The third-order valence-electron chi connectivity index (χ3n) is 6.23. The van der Waals surface area contributed by atoms with Crippen LogP contribution in [-0.4, -0.2) is 36.0 Å². The van der Waals surface area contributed by atoms with Crippen molar-refractivity contribution in [2.45, 2.75) is 63.6 Å². The van der Waals surface area contributed by atoms with Crippen molar-refractivity contribution >= 4 is 11.5 Å². The highest BCUT2D eigenvalue weighted by molar-refractivity contribution is 6.20. The number of aliphatic hydroxyl groups is 1. The number of ether oxygens (including phenoxy) is 3. The van der Waals surface area contributed by atoms with Crippen molar-refractivity contribution < 1.29 is 24.1 Å². The van der Waals surface area contributed by atoms with Crippen LogP contribution >= 0.6 is 0 Å². The Labute approximate surface area is 153 Å². The first-order valence-electron chi connectivity index (χ1n) is 9.36. The first-order valence-corrected chi connectivity index (χ1v) is 9.36. The van der Waals surface area contributed by atoms with Crippen LogP contribution in [0.25, 0.3) is 5.57 Å². The molecule has 0 radical (unpaired) electrons. The number of esters is 1. The summed E-state index contributed by atoms with van der Waals surface area (Å²) in [5, 5.41) is 11.1. The van der Waals surface area contributed by atoms with Crippen LogP contribution in [0.2, 0.25) is 0 Å². The van der Waals surface area contributed by atoms with Gasteiger partial charge in [0, 0.05) is 12.2 Å². The fourth-order valence-corrected chi connectivity index (χ4v) is 4.83. The largest absolute Gasteiger partial charge is 0.507 e. The molecule has 26 heavy (non-hydrogen) atoms. The lowest BCUT2D eigenvalue weighted by Gasteiger charge is -2.41. The van der Waals surface area contributed by atoms with Crippen LogP contribution in [0.15, 0.2) is 17.9 Å². The second kappa shape index (κ2) is 6.02. The van der Waals surface area contributed by atoms with Crippen LogP contribution in [0.3, 0.4) is 0 Å². The van der Waals surface area contributed by atoms with E-state index in [1.54, 1.807) is 7.11 Å². The van der Waals surface area contributed by atoms with E-state index in [1.165, 1.54) is 0 Å². The molecular weight excluding hydrogens is 332 g/mol. The SMILES string of the molecule is COc1cc(C)cc(C)c1C1=C(O)C2(CCC3(CCCO3)CC2)OC1=O. The number of aryl methyl sites for hydroxylation is 2. The van der Waals surface area contributed by atoms with E-state index in [-0.39, 0.29) is 16.9 Å². The molecule has 0 aromatic heterocycles. The summed E-state index contributed by atoms with van der Waals surface area (Å²) in [6.07, 6.45) is 4.95. The zero-order chi connectivity index (χ0) is 18.5. The zero-order valence-electron chi connectivity index (χ0n) is 15.7. The van der Waals surface area contributed by atoms with Gasteiger partial charge >= 0.3 is 5.97 Å². The van der Waals surface area contributed by atoms with E-state index in [9.17, 15) is 9.90 Å². The van der Waals surface area contributed by atoms with E-state index in [0.717, 1.165) is 43.4 Å². The second-order valence-electron chi connectivity index (χ2n) is 7.90. The van der Waals surface area contributed by atoms with Crippen LogP contribution < -0.4 is 4.74 Å². The van der Waals surface area contributed by atoms with Crippen molar-refractivity contribution in [3.8, 4) is 5.75 Å². The highest BCUT2D eigenvalue weighted by atomic mass is 16.6. The van der Waals surface area contributed by atoms with E-state index in [2.05, 4.69) is 0 Å². The lowest BCUT2D eigenvalue weighted by molar-refractivity contribution is -0.156. The van der Waals surface area contributed by atoms with Gasteiger partial charge in [0.1, 0.15) is 11.3 Å². The highest BCUT2D eigenvalue weighted by Gasteiger charge is 2.54. The lowest BCUT2D eigenvalue weighted by Crippen LogP contribution is -2.44. The number of carbonyl (C=O) groups is 1. The lowest BCUT2D eigenvalue weighted by atomic mass is 9.73. The van der Waals surface area contributed by atoms with Gasteiger partial charge in [-0.1, -0.05) is 6.07 Å². The van der Waals surface area contributed by atoms with Gasteiger partial charge in [0.2, 0.25) is 0 Å². The fourth-order valence-electron chi connectivity index (χ4n) is 4.83. The second-order valence-corrected chi connectivity index (χ2v) is 7.90. The van der Waals surface area contributed by atoms with Crippen molar-refractivity contribution in [1.29, 1.82) is 0 Å². The van der Waals surface area contributed by atoms with Crippen LogP contribution in [0.4, 0.5) is 0 Å². The Kier molecular flexibility index (Phi) is 4.03. The van der Waals surface area contributed by atoms with Crippen molar-refractivity contribution in [3.63, 3.8) is 0 Å². The standard InChI is InChI=1S/C21H26O5/c1-13-11-14(2)16(15(12-13)24-3)17-18(22)21(26-19(17)23)8-6-20(7-9-21)5-4-10-25-20/h11-12,22H,4-10H2,1-3H3. The van der Waals surface area contributed by atoms with Gasteiger partial charge in [-0.3, -0.25) is 0 Å². The maximum atomic E-state index is 12.7. The fraction of sp³-hybridized carbons (Fsp3) is 0.571. The minimum atomic E-state index is -0.911. The molecule has 5 nitrogen and oxygen atoms in total. The van der Waals surface area contributed by atoms with E-state index >= 15 is 0 Å². The van der Waals surface area contributed by atoms with Crippen molar-refractivity contribution in [2.24, 2.45) is 0 Å². The van der Waals surface area contributed by atoms with Crippen molar-refractivity contribution in [1.82, 2.24) is 0 Å². The zero-order valence-corrected chi connectivity index (χ0v) is 15.7. The molecule has 0 atom stereocenters. The average Bonchev–Trinajstić information content (AvgIpc) is 3.15. The summed E-state index contributed by atoms with van der Waals surface area (Å²) >= 11 is 0. The Hall–Kier alpha value is -2.01. The molecule has 2 aliphatic heterocycles. The molecule has 1 aromatic carbocycles. The topological polar surface area (TPSA) is 65.0 Å². The third kappa shape index (κ3) is 2.52. The molecule has 1 N–H and O–H groups in total. The summed E-state index contributed by atoms with van der Waals surface area (Å²) in [4.78, 5) is 12.7. The molecule has 1 aromatic rings. The number of hydrogen-bond acceptors (Lipinski definition) is 5. The summed E-state index contributed by atoms with van der Waals surface area (Å²) in [5.41, 5.74) is 1.83. The minimum absolute atomic E-state index is 0.0561. The monoisotopic (exact) mass is 358 g/mol. The van der Waals surface area contributed by atoms with Crippen LogP contribution in [0.5, 0.6) is 5.75 Å². The molecule has 4 rings (SSSR count). The van der Waals surface area contributed by atoms with Crippen LogP contribution in [-0.2, 0) is 14.3 Å². The van der Waals surface area contributed by atoms with Gasteiger partial charge in [0.15, 0.2) is 11.4 Å². The van der Waals surface area contributed by atoms with Gasteiger partial charge in [-0.05, 0) is 69.6 Å². The Bertz CT molecular complexity index is 776. The Morgan fingerprint density at radius 1 is 1.12 bits per heavy atom. The number of carbonyl (C=O) groups excluding carboxylic acids is 1. The number of rotatable bonds is 2. The maximum Gasteiger partial charge on any atom is 0.343 e. The summed E-state index contributed by atoms with van der Waals surface area (Å²) in [6.45, 7) is 4.70. The maximum absolute atomic E-state index is 12.7. The Morgan fingerprint density at radius 3 is 2.46 bits per heavy atom.